The van der Waals surface area contributed by atoms with E-state index >= 15 is 0 Å². The Labute approximate surface area is 91.3 Å². The SMILES string of the molecule is CC1CCCN(Cc2cccnc2N)C1. The fraction of sp³-hybridized carbons (Fsp3) is 0.583. The van der Waals surface area contributed by atoms with E-state index in [1.807, 2.05) is 6.07 Å². The predicted octanol–water partition coefficient (Wildman–Crippen LogP) is 1.90. The van der Waals surface area contributed by atoms with Gasteiger partial charge in [0.2, 0.25) is 0 Å². The zero-order valence-electron chi connectivity index (χ0n) is 9.32. The number of hydrogen-bond donors (Lipinski definition) is 1. The van der Waals surface area contributed by atoms with E-state index in [4.69, 9.17) is 5.73 Å². The highest BCUT2D eigenvalue weighted by molar-refractivity contribution is 5.38. The summed E-state index contributed by atoms with van der Waals surface area (Å²) in [6.07, 6.45) is 4.41. The molecule has 0 spiro atoms. The lowest BCUT2D eigenvalue weighted by Crippen LogP contribution is -2.33. The Morgan fingerprint density at radius 1 is 1.60 bits per heavy atom. The molecule has 0 radical (unpaired) electrons. The molecule has 1 unspecified atom stereocenters. The highest BCUT2D eigenvalue weighted by atomic mass is 15.1. The summed E-state index contributed by atoms with van der Waals surface area (Å²) in [6.45, 7) is 5.65. The van der Waals surface area contributed by atoms with E-state index < -0.39 is 0 Å². The number of hydrogen-bond acceptors (Lipinski definition) is 3. The standard InChI is InChI=1S/C12H19N3/c1-10-4-3-7-15(8-10)9-11-5-2-6-14-12(11)13/h2,5-6,10H,3-4,7-9H2,1H3,(H2,13,14). The van der Waals surface area contributed by atoms with E-state index in [0.29, 0.717) is 5.82 Å². The van der Waals surface area contributed by atoms with Crippen LogP contribution in [0.25, 0.3) is 0 Å². The second-order valence-electron chi connectivity index (χ2n) is 4.53. The van der Waals surface area contributed by atoms with Crippen LogP contribution in [0.4, 0.5) is 5.82 Å². The van der Waals surface area contributed by atoms with Gasteiger partial charge in [0.05, 0.1) is 0 Å². The molecule has 1 atom stereocenters. The first-order valence-electron chi connectivity index (χ1n) is 5.67. The number of nitrogens with two attached hydrogens (primary N) is 1. The Morgan fingerprint density at radius 3 is 3.20 bits per heavy atom. The van der Waals surface area contributed by atoms with Crippen molar-refractivity contribution in [3.63, 3.8) is 0 Å². The third-order valence-electron chi connectivity index (χ3n) is 3.06. The molecule has 0 amide bonds. The molecule has 2 rings (SSSR count). The fourth-order valence-electron chi connectivity index (χ4n) is 2.26. The van der Waals surface area contributed by atoms with Crippen molar-refractivity contribution in [3.05, 3.63) is 23.9 Å². The van der Waals surface area contributed by atoms with E-state index in [-0.39, 0.29) is 0 Å². The quantitative estimate of drug-likeness (QED) is 0.801. The van der Waals surface area contributed by atoms with Gasteiger partial charge in [-0.1, -0.05) is 13.0 Å². The van der Waals surface area contributed by atoms with Crippen LogP contribution >= 0.6 is 0 Å². The van der Waals surface area contributed by atoms with Gasteiger partial charge in [-0.3, -0.25) is 4.90 Å². The lowest BCUT2D eigenvalue weighted by molar-refractivity contribution is 0.177. The second-order valence-corrected chi connectivity index (χ2v) is 4.53. The molecule has 0 bridgehead atoms. The Balaban J connectivity index is 1.99. The van der Waals surface area contributed by atoms with E-state index in [1.54, 1.807) is 6.20 Å². The average Bonchev–Trinajstić information content (AvgIpc) is 2.22. The Morgan fingerprint density at radius 2 is 2.47 bits per heavy atom. The molecule has 0 aromatic carbocycles. The molecule has 1 fully saturated rings. The van der Waals surface area contributed by atoms with Crippen LogP contribution in [-0.2, 0) is 6.54 Å². The minimum absolute atomic E-state index is 0.677. The number of pyridine rings is 1. The molecule has 82 valence electrons. The van der Waals surface area contributed by atoms with E-state index in [1.165, 1.54) is 25.9 Å². The molecule has 3 nitrogen and oxygen atoms in total. The number of piperidine rings is 1. The van der Waals surface area contributed by atoms with Crippen molar-refractivity contribution < 1.29 is 0 Å². The van der Waals surface area contributed by atoms with E-state index in [2.05, 4.69) is 22.9 Å². The molecular weight excluding hydrogens is 186 g/mol. The Kier molecular flexibility index (Phi) is 3.21. The van der Waals surface area contributed by atoms with Crippen LogP contribution in [0.3, 0.4) is 0 Å². The summed E-state index contributed by atoms with van der Waals surface area (Å²) in [7, 11) is 0. The van der Waals surface area contributed by atoms with Gasteiger partial charge in [-0.05, 0) is 31.4 Å². The molecule has 2 N–H and O–H groups in total. The van der Waals surface area contributed by atoms with Gasteiger partial charge in [-0.15, -0.1) is 0 Å². The first-order chi connectivity index (χ1) is 7.25. The first kappa shape index (κ1) is 10.4. The normalized spacial score (nSPS) is 22.9. The molecule has 1 aliphatic rings. The zero-order chi connectivity index (χ0) is 10.7. The average molecular weight is 205 g/mol. The molecule has 1 aromatic heterocycles. The predicted molar refractivity (Wildman–Crippen MR) is 62.3 cm³/mol. The monoisotopic (exact) mass is 205 g/mol. The van der Waals surface area contributed by atoms with Crippen molar-refractivity contribution in [2.45, 2.75) is 26.3 Å². The van der Waals surface area contributed by atoms with Gasteiger partial charge in [-0.25, -0.2) is 4.98 Å². The van der Waals surface area contributed by atoms with Crippen molar-refractivity contribution >= 4 is 5.82 Å². The molecule has 0 aliphatic carbocycles. The number of nitrogens with zero attached hydrogens (tertiary/aromatic N) is 2. The van der Waals surface area contributed by atoms with Crippen molar-refractivity contribution in [2.75, 3.05) is 18.8 Å². The van der Waals surface area contributed by atoms with Gasteiger partial charge in [0.25, 0.3) is 0 Å². The summed E-state index contributed by atoms with van der Waals surface area (Å²) in [6, 6.07) is 4.03. The van der Waals surface area contributed by atoms with Gasteiger partial charge in [0.1, 0.15) is 5.82 Å². The maximum atomic E-state index is 5.83. The van der Waals surface area contributed by atoms with Crippen LogP contribution in [0.2, 0.25) is 0 Å². The smallest absolute Gasteiger partial charge is 0.127 e. The van der Waals surface area contributed by atoms with E-state index in [9.17, 15) is 0 Å². The summed E-state index contributed by atoms with van der Waals surface area (Å²) in [5.74, 6) is 1.49. The molecule has 0 saturated carbocycles. The molecule has 1 aliphatic heterocycles. The van der Waals surface area contributed by atoms with Gasteiger partial charge in [0, 0.05) is 24.8 Å². The molecule has 1 saturated heterocycles. The first-order valence-corrected chi connectivity index (χ1v) is 5.67. The largest absolute Gasteiger partial charge is 0.383 e. The van der Waals surface area contributed by atoms with Crippen LogP contribution in [0, 0.1) is 5.92 Å². The summed E-state index contributed by atoms with van der Waals surface area (Å²) < 4.78 is 0. The molecule has 15 heavy (non-hydrogen) atoms. The summed E-state index contributed by atoms with van der Waals surface area (Å²) >= 11 is 0. The third-order valence-corrected chi connectivity index (χ3v) is 3.06. The third kappa shape index (κ3) is 2.69. The highest BCUT2D eigenvalue weighted by Crippen LogP contribution is 2.19. The van der Waals surface area contributed by atoms with Gasteiger partial charge >= 0.3 is 0 Å². The van der Waals surface area contributed by atoms with Crippen molar-refractivity contribution in [2.24, 2.45) is 5.92 Å². The Bertz CT molecular complexity index is 324. The lowest BCUT2D eigenvalue weighted by atomic mass is 10.00. The van der Waals surface area contributed by atoms with Crippen LogP contribution in [0.15, 0.2) is 18.3 Å². The van der Waals surface area contributed by atoms with Crippen LogP contribution in [0.1, 0.15) is 25.3 Å². The number of aromatic nitrogens is 1. The second kappa shape index (κ2) is 4.62. The van der Waals surface area contributed by atoms with Crippen LogP contribution in [-0.4, -0.2) is 23.0 Å². The van der Waals surface area contributed by atoms with Crippen molar-refractivity contribution in [1.29, 1.82) is 0 Å². The van der Waals surface area contributed by atoms with Crippen molar-refractivity contribution in [1.82, 2.24) is 9.88 Å². The number of likely N-dealkylation sites (tertiary alicyclic amines) is 1. The maximum absolute atomic E-state index is 5.83. The summed E-state index contributed by atoms with van der Waals surface area (Å²) in [4.78, 5) is 6.59. The number of anilines is 1. The summed E-state index contributed by atoms with van der Waals surface area (Å²) in [5, 5.41) is 0. The highest BCUT2D eigenvalue weighted by Gasteiger charge is 2.16. The maximum Gasteiger partial charge on any atom is 0.127 e. The summed E-state index contributed by atoms with van der Waals surface area (Å²) in [5.41, 5.74) is 6.99. The zero-order valence-corrected chi connectivity index (χ0v) is 9.32. The topological polar surface area (TPSA) is 42.2 Å². The van der Waals surface area contributed by atoms with Gasteiger partial charge in [0.15, 0.2) is 0 Å². The van der Waals surface area contributed by atoms with Crippen LogP contribution < -0.4 is 5.73 Å². The van der Waals surface area contributed by atoms with Crippen molar-refractivity contribution in [3.8, 4) is 0 Å². The van der Waals surface area contributed by atoms with Gasteiger partial charge < -0.3 is 5.73 Å². The fourth-order valence-corrected chi connectivity index (χ4v) is 2.26. The lowest BCUT2D eigenvalue weighted by Gasteiger charge is -2.30. The molecule has 1 aromatic rings. The minimum atomic E-state index is 0.677. The number of nitrogen functional groups attached to an aromatic ring is 1. The van der Waals surface area contributed by atoms with E-state index in [0.717, 1.165) is 18.0 Å². The molecule has 3 heteroatoms. The van der Waals surface area contributed by atoms with Gasteiger partial charge in [-0.2, -0.15) is 0 Å². The Hall–Kier alpha value is -1.09. The minimum Gasteiger partial charge on any atom is -0.383 e. The number of rotatable bonds is 2. The molecular formula is C12H19N3. The van der Waals surface area contributed by atoms with Crippen LogP contribution in [0.5, 0.6) is 0 Å². The molecule has 2 heterocycles.